The molecule has 68 valence electrons. The van der Waals surface area contributed by atoms with Crippen LogP contribution in [-0.4, -0.2) is 15.9 Å². The largest absolute Gasteiger partial charge is 0.348 e. The summed E-state index contributed by atoms with van der Waals surface area (Å²) in [4.78, 5) is 17.8. The average Bonchev–Trinajstić information content (AvgIpc) is 2.49. The molecular weight excluding hydrogens is 168 g/mol. The van der Waals surface area contributed by atoms with Crippen molar-refractivity contribution in [3.63, 3.8) is 0 Å². The number of carbonyl (C=O) groups is 1. The number of rotatable bonds is 3. The van der Waals surface area contributed by atoms with Gasteiger partial charge in [0, 0.05) is 11.9 Å². The Morgan fingerprint density at radius 2 is 2.62 bits per heavy atom. The molecule has 0 saturated heterocycles. The van der Waals surface area contributed by atoms with E-state index in [0.29, 0.717) is 12.4 Å². The minimum Gasteiger partial charge on any atom is -0.348 e. The molecule has 1 rings (SSSR count). The first-order valence-corrected chi connectivity index (χ1v) is 3.86. The zero-order chi connectivity index (χ0) is 9.68. The first kappa shape index (κ1) is 9.26. The summed E-state index contributed by atoms with van der Waals surface area (Å²) in [6.07, 6.45) is 1.57. The summed E-state index contributed by atoms with van der Waals surface area (Å²) in [5, 5.41) is 10.8. The van der Waals surface area contributed by atoms with Crippen LogP contribution in [-0.2, 0) is 11.3 Å². The number of aromatic amines is 1. The minimum absolute atomic E-state index is 0.111. The van der Waals surface area contributed by atoms with Crippen LogP contribution in [0.25, 0.3) is 0 Å². The molecular formula is C8H10N4O. The molecule has 1 aromatic rings. The average molecular weight is 178 g/mol. The van der Waals surface area contributed by atoms with Gasteiger partial charge in [-0.15, -0.1) is 0 Å². The van der Waals surface area contributed by atoms with Crippen molar-refractivity contribution < 1.29 is 4.79 Å². The highest BCUT2D eigenvalue weighted by Gasteiger charge is 2.01. The van der Waals surface area contributed by atoms with Gasteiger partial charge in [0.25, 0.3) is 0 Å². The third kappa shape index (κ3) is 2.95. The number of nitriles is 1. The molecule has 0 saturated carbocycles. The topological polar surface area (TPSA) is 81.6 Å². The van der Waals surface area contributed by atoms with E-state index >= 15 is 0 Å². The van der Waals surface area contributed by atoms with Gasteiger partial charge in [0.1, 0.15) is 12.2 Å². The number of H-pyrrole nitrogens is 1. The maximum absolute atomic E-state index is 10.8. The van der Waals surface area contributed by atoms with Gasteiger partial charge in [-0.2, -0.15) is 5.26 Å². The molecule has 0 radical (unpaired) electrons. The molecule has 0 unspecified atom stereocenters. The van der Waals surface area contributed by atoms with Crippen molar-refractivity contribution >= 4 is 5.91 Å². The summed E-state index contributed by atoms with van der Waals surface area (Å²) in [7, 11) is 0. The Morgan fingerprint density at radius 1 is 1.85 bits per heavy atom. The molecule has 0 atom stereocenters. The Morgan fingerprint density at radius 3 is 3.15 bits per heavy atom. The van der Waals surface area contributed by atoms with Crippen LogP contribution < -0.4 is 5.32 Å². The second-order valence-electron chi connectivity index (χ2n) is 2.62. The fraction of sp³-hybridized carbons (Fsp3) is 0.375. The van der Waals surface area contributed by atoms with E-state index in [9.17, 15) is 4.79 Å². The number of imidazole rings is 1. The molecule has 1 heterocycles. The lowest BCUT2D eigenvalue weighted by Crippen LogP contribution is -2.22. The second kappa shape index (κ2) is 4.26. The molecule has 13 heavy (non-hydrogen) atoms. The lowest BCUT2D eigenvalue weighted by molar-refractivity contribution is -0.120. The lowest BCUT2D eigenvalue weighted by Gasteiger charge is -1.98. The normalized spacial score (nSPS) is 9.23. The third-order valence-electron chi connectivity index (χ3n) is 1.45. The summed E-state index contributed by atoms with van der Waals surface area (Å²) >= 11 is 0. The van der Waals surface area contributed by atoms with Crippen LogP contribution in [0.3, 0.4) is 0 Å². The Bertz CT molecular complexity index is 336. The number of nitrogens with one attached hydrogen (secondary N) is 2. The second-order valence-corrected chi connectivity index (χ2v) is 2.62. The van der Waals surface area contributed by atoms with Crippen molar-refractivity contribution in [2.75, 3.05) is 0 Å². The number of amides is 1. The number of hydrogen-bond acceptors (Lipinski definition) is 3. The number of aromatic nitrogens is 2. The van der Waals surface area contributed by atoms with Gasteiger partial charge in [0.15, 0.2) is 0 Å². The van der Waals surface area contributed by atoms with Gasteiger partial charge in [-0.3, -0.25) is 4.79 Å². The van der Waals surface area contributed by atoms with Gasteiger partial charge in [-0.1, -0.05) is 0 Å². The predicted molar refractivity (Wildman–Crippen MR) is 45.4 cm³/mol. The number of aryl methyl sites for hydroxylation is 1. The van der Waals surface area contributed by atoms with Gasteiger partial charge in [-0.05, 0) is 6.92 Å². The number of hydrogen-bond donors (Lipinski definition) is 2. The van der Waals surface area contributed by atoms with E-state index < -0.39 is 0 Å². The summed E-state index contributed by atoms with van der Waals surface area (Å²) in [6, 6.07) is 1.77. The van der Waals surface area contributed by atoms with Crippen molar-refractivity contribution in [1.82, 2.24) is 15.3 Å². The maximum atomic E-state index is 10.8. The molecule has 0 aromatic carbocycles. The Labute approximate surface area is 75.8 Å². The first-order valence-electron chi connectivity index (χ1n) is 3.86. The summed E-state index contributed by atoms with van der Waals surface area (Å²) in [5.41, 5.74) is 0.949. The summed E-state index contributed by atoms with van der Waals surface area (Å²) in [5.74, 6) is 0.417. The van der Waals surface area contributed by atoms with Crippen LogP contribution in [0, 0.1) is 18.3 Å². The van der Waals surface area contributed by atoms with Crippen LogP contribution in [0.15, 0.2) is 6.20 Å². The molecule has 0 fully saturated rings. The maximum Gasteiger partial charge on any atom is 0.234 e. The zero-order valence-electron chi connectivity index (χ0n) is 7.29. The number of carbonyl (C=O) groups excluding carboxylic acids is 1. The van der Waals surface area contributed by atoms with Crippen LogP contribution in [0.1, 0.15) is 17.9 Å². The summed E-state index contributed by atoms with van der Waals surface area (Å²) < 4.78 is 0. The van der Waals surface area contributed by atoms with Gasteiger partial charge in [0.2, 0.25) is 5.91 Å². The van der Waals surface area contributed by atoms with E-state index in [1.165, 1.54) is 0 Å². The van der Waals surface area contributed by atoms with Crippen LogP contribution in [0.4, 0.5) is 0 Å². The van der Waals surface area contributed by atoms with Gasteiger partial charge >= 0.3 is 0 Å². The van der Waals surface area contributed by atoms with E-state index in [4.69, 9.17) is 5.26 Å². The van der Waals surface area contributed by atoms with Crippen molar-refractivity contribution in [2.45, 2.75) is 19.9 Å². The molecule has 0 aliphatic carbocycles. The Kier molecular flexibility index (Phi) is 3.03. The van der Waals surface area contributed by atoms with Crippen LogP contribution in [0.5, 0.6) is 0 Å². The molecule has 1 amide bonds. The standard InChI is InChI=1S/C8H10N4O/c1-6-4-10-7(12-6)5-11-8(13)2-3-9/h4H,2,5H2,1H3,(H,10,12)(H,11,13). The smallest absolute Gasteiger partial charge is 0.234 e. The molecule has 0 aliphatic rings. The predicted octanol–water partition coefficient (Wildman–Crippen LogP) is 0.248. The fourth-order valence-corrected chi connectivity index (χ4v) is 0.873. The zero-order valence-corrected chi connectivity index (χ0v) is 7.29. The third-order valence-corrected chi connectivity index (χ3v) is 1.45. The molecule has 0 aliphatic heterocycles. The van der Waals surface area contributed by atoms with Crippen molar-refractivity contribution in [3.8, 4) is 6.07 Å². The van der Waals surface area contributed by atoms with Gasteiger partial charge in [0.05, 0.1) is 12.6 Å². The molecule has 5 heteroatoms. The lowest BCUT2D eigenvalue weighted by atomic mass is 10.4. The summed E-state index contributed by atoms with van der Waals surface area (Å²) in [6.45, 7) is 2.22. The molecule has 0 bridgehead atoms. The van der Waals surface area contributed by atoms with E-state index in [-0.39, 0.29) is 12.3 Å². The van der Waals surface area contributed by atoms with Crippen molar-refractivity contribution in [2.24, 2.45) is 0 Å². The Hall–Kier alpha value is -1.83. The molecule has 1 aromatic heterocycles. The Balaban J connectivity index is 2.36. The highest BCUT2D eigenvalue weighted by atomic mass is 16.1. The monoisotopic (exact) mass is 178 g/mol. The molecule has 0 spiro atoms. The fourth-order valence-electron chi connectivity index (χ4n) is 0.873. The molecule has 5 nitrogen and oxygen atoms in total. The highest BCUT2D eigenvalue weighted by Crippen LogP contribution is 1.93. The van der Waals surface area contributed by atoms with E-state index in [0.717, 1.165) is 5.69 Å². The van der Waals surface area contributed by atoms with Crippen molar-refractivity contribution in [1.29, 1.82) is 5.26 Å². The number of nitrogens with zero attached hydrogens (tertiary/aromatic N) is 2. The van der Waals surface area contributed by atoms with E-state index in [1.807, 2.05) is 6.92 Å². The van der Waals surface area contributed by atoms with Crippen LogP contribution >= 0.6 is 0 Å². The SMILES string of the molecule is Cc1cnc(CNC(=O)CC#N)[nH]1. The first-order chi connectivity index (χ1) is 6.22. The van der Waals surface area contributed by atoms with Gasteiger partial charge < -0.3 is 10.3 Å². The molecule has 2 N–H and O–H groups in total. The van der Waals surface area contributed by atoms with E-state index in [2.05, 4.69) is 15.3 Å². The van der Waals surface area contributed by atoms with Crippen LogP contribution in [0.2, 0.25) is 0 Å². The highest BCUT2D eigenvalue weighted by molar-refractivity contribution is 5.77. The van der Waals surface area contributed by atoms with Gasteiger partial charge in [-0.25, -0.2) is 4.98 Å². The van der Waals surface area contributed by atoms with E-state index in [1.54, 1.807) is 12.3 Å². The van der Waals surface area contributed by atoms with Crippen molar-refractivity contribution in [3.05, 3.63) is 17.7 Å². The quantitative estimate of drug-likeness (QED) is 0.696. The minimum atomic E-state index is -0.281.